The number of fused-ring (bicyclic) bond motifs is 1. The Morgan fingerprint density at radius 1 is 1.20 bits per heavy atom. The minimum Gasteiger partial charge on any atom is -0.490 e. The van der Waals surface area contributed by atoms with Gasteiger partial charge < -0.3 is 24.8 Å². The Labute approximate surface area is 208 Å². The summed E-state index contributed by atoms with van der Waals surface area (Å²) in [4.78, 5) is 23.8. The first-order chi connectivity index (χ1) is 16.6. The van der Waals surface area contributed by atoms with Crippen molar-refractivity contribution < 1.29 is 28.6 Å². The number of carbonyl (C=O) groups excluding carboxylic acids is 1. The monoisotopic (exact) mass is 500 g/mol. The molecule has 1 amide bonds. The van der Waals surface area contributed by atoms with E-state index in [0.717, 1.165) is 36.5 Å². The van der Waals surface area contributed by atoms with Crippen LogP contribution >= 0.6 is 11.6 Å². The van der Waals surface area contributed by atoms with Gasteiger partial charge in [-0.1, -0.05) is 23.7 Å². The molecule has 1 atom stereocenters. The average Bonchev–Trinajstić information content (AvgIpc) is 2.79. The lowest BCUT2D eigenvalue weighted by atomic mass is 10.1. The van der Waals surface area contributed by atoms with Crippen LogP contribution in [0.15, 0.2) is 60.7 Å². The van der Waals surface area contributed by atoms with Crippen LogP contribution in [0.2, 0.25) is 5.02 Å². The number of halogens is 2. The van der Waals surface area contributed by atoms with E-state index in [1.54, 1.807) is 12.1 Å². The van der Waals surface area contributed by atoms with Crippen molar-refractivity contribution in [2.45, 2.75) is 20.0 Å². The minimum atomic E-state index is -0.833. The number of benzene rings is 3. The van der Waals surface area contributed by atoms with Gasteiger partial charge in [-0.25, -0.2) is 4.39 Å². The number of rotatable bonds is 5. The molecule has 0 fully saturated rings. The van der Waals surface area contributed by atoms with Crippen molar-refractivity contribution >= 4 is 34.9 Å². The molecular formula is C26H26ClFN2O5. The van der Waals surface area contributed by atoms with Gasteiger partial charge in [-0.15, -0.1) is 0 Å². The fraction of sp³-hybridized carbons (Fsp3) is 0.231. The van der Waals surface area contributed by atoms with E-state index in [-0.39, 0.29) is 17.0 Å². The summed E-state index contributed by atoms with van der Waals surface area (Å²) >= 11 is 5.99. The normalized spacial score (nSPS) is 14.1. The van der Waals surface area contributed by atoms with Crippen molar-refractivity contribution in [3.8, 4) is 11.5 Å². The summed E-state index contributed by atoms with van der Waals surface area (Å²) in [5.41, 5.74) is 2.65. The van der Waals surface area contributed by atoms with Crippen LogP contribution in [0.4, 0.5) is 15.8 Å². The average molecular weight is 501 g/mol. The lowest BCUT2D eigenvalue weighted by molar-refractivity contribution is -0.134. The van der Waals surface area contributed by atoms with Gasteiger partial charge in [0.05, 0.1) is 22.9 Å². The Hall–Kier alpha value is -3.78. The molecule has 1 aliphatic heterocycles. The predicted molar refractivity (Wildman–Crippen MR) is 133 cm³/mol. The van der Waals surface area contributed by atoms with E-state index in [9.17, 15) is 9.18 Å². The summed E-state index contributed by atoms with van der Waals surface area (Å²) in [6.45, 7) is 4.01. The maximum absolute atomic E-state index is 13.2. The molecule has 3 aromatic carbocycles. The molecule has 0 spiro atoms. The quantitative estimate of drug-likeness (QED) is 0.487. The molecule has 0 bridgehead atoms. The van der Waals surface area contributed by atoms with E-state index in [2.05, 4.69) is 10.2 Å². The topological polar surface area (TPSA) is 88.1 Å². The first kappa shape index (κ1) is 25.8. The number of amides is 1. The number of nitrogens with zero attached hydrogens (tertiary/aromatic N) is 1. The van der Waals surface area contributed by atoms with E-state index in [0.29, 0.717) is 23.6 Å². The summed E-state index contributed by atoms with van der Waals surface area (Å²) in [5, 5.41) is 10.3. The largest absolute Gasteiger partial charge is 0.490 e. The van der Waals surface area contributed by atoms with Crippen molar-refractivity contribution in [2.24, 2.45) is 0 Å². The molecule has 1 aliphatic rings. The summed E-state index contributed by atoms with van der Waals surface area (Å²) in [5.74, 6) is -0.129. The molecule has 2 N–H and O–H groups in total. The highest BCUT2D eigenvalue weighted by Crippen LogP contribution is 2.32. The fourth-order valence-corrected chi connectivity index (χ4v) is 3.74. The summed E-state index contributed by atoms with van der Waals surface area (Å²) in [6.07, 6.45) is -0.108. The highest BCUT2D eigenvalue weighted by atomic mass is 35.5. The van der Waals surface area contributed by atoms with Crippen LogP contribution in [-0.4, -0.2) is 43.3 Å². The zero-order valence-electron chi connectivity index (χ0n) is 19.5. The standard InChI is InChI=1S/C24H22ClFN2O3.C2H4O2/c1-15-11-17(30-14-18-13-28(2)22-5-3-4-6-23(22)31-18)8-9-19(15)24(29)27-21-10-7-16(26)12-20(21)25;1-2(3)4/h3-12,18H,13-14H2,1-2H3,(H,27,29);1H3,(H,3,4)/t18-;/m0./s1. The molecule has 0 aliphatic carbocycles. The number of hydrogen-bond donors (Lipinski definition) is 2. The third-order valence-electron chi connectivity index (χ3n) is 5.11. The van der Waals surface area contributed by atoms with Crippen molar-refractivity contribution in [3.05, 3.63) is 82.6 Å². The first-order valence-corrected chi connectivity index (χ1v) is 11.2. The number of nitrogens with one attached hydrogen (secondary N) is 1. The van der Waals surface area contributed by atoms with Crippen molar-refractivity contribution in [1.82, 2.24) is 0 Å². The highest BCUT2D eigenvalue weighted by molar-refractivity contribution is 6.33. The third-order valence-corrected chi connectivity index (χ3v) is 5.42. The number of carboxylic acid groups (broad SMARTS) is 1. The van der Waals surface area contributed by atoms with E-state index in [1.807, 2.05) is 44.3 Å². The van der Waals surface area contributed by atoms with Gasteiger partial charge in [-0.05, 0) is 61.0 Å². The maximum atomic E-state index is 13.2. The molecule has 1 heterocycles. The van der Waals surface area contributed by atoms with Crippen LogP contribution in [-0.2, 0) is 4.79 Å². The van der Waals surface area contributed by atoms with Crippen molar-refractivity contribution in [1.29, 1.82) is 0 Å². The van der Waals surface area contributed by atoms with Crippen LogP contribution in [0.5, 0.6) is 11.5 Å². The number of aryl methyl sites for hydroxylation is 1. The third kappa shape index (κ3) is 7.10. The van der Waals surface area contributed by atoms with Gasteiger partial charge in [0, 0.05) is 19.5 Å². The Kier molecular flexibility index (Phi) is 8.54. The van der Waals surface area contributed by atoms with Crippen LogP contribution < -0.4 is 19.7 Å². The first-order valence-electron chi connectivity index (χ1n) is 10.8. The smallest absolute Gasteiger partial charge is 0.300 e. The van der Waals surface area contributed by atoms with E-state index < -0.39 is 11.8 Å². The number of carboxylic acids is 1. The lowest BCUT2D eigenvalue weighted by Crippen LogP contribution is -2.41. The zero-order valence-corrected chi connectivity index (χ0v) is 20.3. The van der Waals surface area contributed by atoms with Crippen molar-refractivity contribution in [2.75, 3.05) is 30.4 Å². The molecule has 35 heavy (non-hydrogen) atoms. The van der Waals surface area contributed by atoms with Gasteiger partial charge in [0.15, 0.2) is 0 Å². The number of anilines is 2. The van der Waals surface area contributed by atoms with E-state index in [1.165, 1.54) is 12.1 Å². The van der Waals surface area contributed by atoms with Crippen molar-refractivity contribution in [3.63, 3.8) is 0 Å². The molecule has 7 nitrogen and oxygen atoms in total. The van der Waals surface area contributed by atoms with Gasteiger partial charge in [0.1, 0.15) is 30.0 Å². The molecule has 9 heteroatoms. The number of ether oxygens (including phenoxy) is 2. The Balaban J connectivity index is 0.000000795. The van der Waals surface area contributed by atoms with Crippen LogP contribution in [0.1, 0.15) is 22.8 Å². The van der Waals surface area contributed by atoms with Crippen LogP contribution in [0.25, 0.3) is 0 Å². The minimum absolute atomic E-state index is 0.108. The Bertz CT molecular complexity index is 1220. The number of hydrogen-bond acceptors (Lipinski definition) is 5. The van der Waals surface area contributed by atoms with Gasteiger partial charge in [0.25, 0.3) is 11.9 Å². The SMILES string of the molecule is CC(=O)O.Cc1cc(OC[C@@H]2CN(C)c3ccccc3O2)ccc1C(=O)Nc1ccc(F)cc1Cl. The summed E-state index contributed by atoms with van der Waals surface area (Å²) < 4.78 is 25.2. The molecular weight excluding hydrogens is 475 g/mol. The predicted octanol–water partition coefficient (Wildman–Crippen LogP) is 5.41. The Morgan fingerprint density at radius 2 is 1.91 bits per heavy atom. The van der Waals surface area contributed by atoms with Crippen LogP contribution in [0, 0.1) is 12.7 Å². The molecule has 0 unspecified atom stereocenters. The molecule has 0 saturated carbocycles. The molecule has 3 aromatic rings. The zero-order chi connectivity index (χ0) is 25.5. The number of carbonyl (C=O) groups is 2. The van der Waals surface area contributed by atoms with Gasteiger partial charge in [-0.3, -0.25) is 9.59 Å². The summed E-state index contributed by atoms with van der Waals surface area (Å²) in [7, 11) is 2.03. The number of likely N-dealkylation sites (N-methyl/N-ethyl adjacent to an activating group) is 1. The van der Waals surface area contributed by atoms with Gasteiger partial charge in [0.2, 0.25) is 0 Å². The molecule has 0 radical (unpaired) electrons. The molecule has 0 saturated heterocycles. The van der Waals surface area contributed by atoms with E-state index in [4.69, 9.17) is 31.0 Å². The second-order valence-corrected chi connectivity index (χ2v) is 8.38. The highest BCUT2D eigenvalue weighted by Gasteiger charge is 2.23. The second-order valence-electron chi connectivity index (χ2n) is 7.97. The van der Waals surface area contributed by atoms with Gasteiger partial charge in [-0.2, -0.15) is 0 Å². The molecule has 0 aromatic heterocycles. The Morgan fingerprint density at radius 3 is 2.60 bits per heavy atom. The molecule has 4 rings (SSSR count). The summed E-state index contributed by atoms with van der Waals surface area (Å²) in [6, 6.07) is 17.0. The maximum Gasteiger partial charge on any atom is 0.300 e. The van der Waals surface area contributed by atoms with Crippen LogP contribution in [0.3, 0.4) is 0 Å². The number of aliphatic carboxylic acids is 1. The van der Waals surface area contributed by atoms with E-state index >= 15 is 0 Å². The molecule has 184 valence electrons. The van der Waals surface area contributed by atoms with Gasteiger partial charge >= 0.3 is 0 Å². The fourth-order valence-electron chi connectivity index (χ4n) is 3.53. The second kappa shape index (κ2) is 11.6. The lowest BCUT2D eigenvalue weighted by Gasteiger charge is -2.33. The number of para-hydroxylation sites is 2.